The maximum absolute atomic E-state index is 9.30. The molecule has 0 heterocycles. The number of nitrogens with zero attached hydrogens (tertiary/aromatic N) is 1. The Morgan fingerprint density at radius 3 is 2.43 bits per heavy atom. The van der Waals surface area contributed by atoms with E-state index in [1.54, 1.807) is 12.1 Å². The van der Waals surface area contributed by atoms with Gasteiger partial charge in [-0.1, -0.05) is 26.0 Å². The molecule has 0 fully saturated rings. The van der Waals surface area contributed by atoms with Crippen LogP contribution in [0.15, 0.2) is 29.3 Å². The summed E-state index contributed by atoms with van der Waals surface area (Å²) < 4.78 is 5.76. The molecule has 1 aromatic rings. The Balaban J connectivity index is 2.50. The van der Waals surface area contributed by atoms with Crippen LogP contribution in [0.4, 0.5) is 0 Å². The van der Waals surface area contributed by atoms with E-state index in [0.717, 1.165) is 37.6 Å². The van der Waals surface area contributed by atoms with Crippen LogP contribution in [0, 0.1) is 5.92 Å². The topological polar surface area (TPSA) is 65.9 Å². The quantitative estimate of drug-likeness (QED) is 0.483. The van der Waals surface area contributed by atoms with E-state index in [1.165, 1.54) is 0 Å². The summed E-state index contributed by atoms with van der Waals surface area (Å²) in [6, 6.07) is 7.12. The first kappa shape index (κ1) is 19.3. The van der Waals surface area contributed by atoms with Gasteiger partial charge in [0, 0.05) is 19.7 Å². The predicted octanol–water partition coefficient (Wildman–Crippen LogP) is 2.90. The molecule has 0 aromatic heterocycles. The van der Waals surface area contributed by atoms with Crippen molar-refractivity contribution in [2.45, 2.75) is 46.8 Å². The van der Waals surface area contributed by atoms with E-state index in [9.17, 15) is 5.11 Å². The molecular formula is C18H31N3O2. The average Bonchev–Trinajstić information content (AvgIpc) is 2.53. The van der Waals surface area contributed by atoms with Crippen molar-refractivity contribution in [3.05, 3.63) is 29.8 Å². The van der Waals surface area contributed by atoms with Gasteiger partial charge in [-0.15, -0.1) is 0 Å². The number of hydrogen-bond acceptors (Lipinski definition) is 3. The second kappa shape index (κ2) is 10.9. The standard InChI is InChI=1S/C18H31N3O2/c1-5-19-18(20-12-11-17(14(3)4)23-6-2)21-13-15-7-9-16(22)10-8-15/h7-10,14,17,22H,5-6,11-13H2,1-4H3,(H2,19,20,21). The summed E-state index contributed by atoms with van der Waals surface area (Å²) in [7, 11) is 0. The first-order valence-electron chi connectivity index (χ1n) is 8.48. The molecule has 5 heteroatoms. The van der Waals surface area contributed by atoms with Gasteiger partial charge in [0.05, 0.1) is 12.6 Å². The van der Waals surface area contributed by atoms with Crippen LogP contribution in [0.2, 0.25) is 0 Å². The monoisotopic (exact) mass is 321 g/mol. The molecular weight excluding hydrogens is 290 g/mol. The van der Waals surface area contributed by atoms with Gasteiger partial charge >= 0.3 is 0 Å². The number of aromatic hydroxyl groups is 1. The Kier molecular flexibility index (Phi) is 9.14. The van der Waals surface area contributed by atoms with Gasteiger partial charge in [0.15, 0.2) is 5.96 Å². The second-order valence-corrected chi connectivity index (χ2v) is 5.81. The Hall–Kier alpha value is -1.75. The summed E-state index contributed by atoms with van der Waals surface area (Å²) in [6.45, 7) is 11.4. The zero-order valence-corrected chi connectivity index (χ0v) is 14.8. The Morgan fingerprint density at radius 2 is 1.87 bits per heavy atom. The lowest BCUT2D eigenvalue weighted by molar-refractivity contribution is 0.0258. The Bertz CT molecular complexity index is 458. The zero-order valence-electron chi connectivity index (χ0n) is 14.8. The molecule has 0 bridgehead atoms. The largest absolute Gasteiger partial charge is 0.508 e. The molecule has 1 aromatic carbocycles. The highest BCUT2D eigenvalue weighted by atomic mass is 16.5. The minimum atomic E-state index is 0.271. The number of ether oxygens (including phenoxy) is 1. The zero-order chi connectivity index (χ0) is 17.1. The molecule has 0 amide bonds. The summed E-state index contributed by atoms with van der Waals surface area (Å²) in [5, 5.41) is 15.9. The van der Waals surface area contributed by atoms with Crippen LogP contribution in [-0.2, 0) is 11.3 Å². The fraction of sp³-hybridized carbons (Fsp3) is 0.611. The van der Waals surface area contributed by atoms with Crippen molar-refractivity contribution in [3.63, 3.8) is 0 Å². The van der Waals surface area contributed by atoms with Gasteiger partial charge in [-0.2, -0.15) is 0 Å². The number of guanidine groups is 1. The number of phenolic OH excluding ortho intramolecular Hbond substituents is 1. The van der Waals surface area contributed by atoms with Crippen molar-refractivity contribution in [2.24, 2.45) is 10.9 Å². The van der Waals surface area contributed by atoms with Crippen LogP contribution < -0.4 is 10.6 Å². The smallest absolute Gasteiger partial charge is 0.191 e. The van der Waals surface area contributed by atoms with Crippen molar-refractivity contribution in [1.82, 2.24) is 10.6 Å². The molecule has 0 saturated carbocycles. The van der Waals surface area contributed by atoms with E-state index in [2.05, 4.69) is 36.4 Å². The molecule has 1 rings (SSSR count). The Labute approximate surface area is 140 Å². The summed E-state index contributed by atoms with van der Waals surface area (Å²) in [5.41, 5.74) is 1.06. The van der Waals surface area contributed by atoms with Crippen LogP contribution >= 0.6 is 0 Å². The number of hydrogen-bond donors (Lipinski definition) is 3. The van der Waals surface area contributed by atoms with E-state index in [1.807, 2.05) is 19.1 Å². The number of nitrogens with one attached hydrogen (secondary N) is 2. The lowest BCUT2D eigenvalue weighted by Gasteiger charge is -2.21. The van der Waals surface area contributed by atoms with Crippen molar-refractivity contribution in [2.75, 3.05) is 19.7 Å². The molecule has 0 aliphatic rings. The van der Waals surface area contributed by atoms with Gasteiger partial charge < -0.3 is 20.5 Å². The van der Waals surface area contributed by atoms with Gasteiger partial charge in [-0.05, 0) is 43.9 Å². The van der Waals surface area contributed by atoms with E-state index >= 15 is 0 Å². The fourth-order valence-corrected chi connectivity index (χ4v) is 2.27. The average molecular weight is 321 g/mol. The minimum absolute atomic E-state index is 0.271. The summed E-state index contributed by atoms with van der Waals surface area (Å²) in [5.74, 6) is 1.59. The third-order valence-corrected chi connectivity index (χ3v) is 3.55. The van der Waals surface area contributed by atoms with Gasteiger partial charge in [-0.25, -0.2) is 4.99 Å². The summed E-state index contributed by atoms with van der Waals surface area (Å²) >= 11 is 0. The molecule has 0 saturated heterocycles. The van der Waals surface area contributed by atoms with Crippen LogP contribution in [0.25, 0.3) is 0 Å². The number of rotatable bonds is 9. The summed E-state index contributed by atoms with van der Waals surface area (Å²) in [4.78, 5) is 4.57. The summed E-state index contributed by atoms with van der Waals surface area (Å²) in [6.07, 6.45) is 1.22. The minimum Gasteiger partial charge on any atom is -0.508 e. The van der Waals surface area contributed by atoms with Gasteiger partial charge in [0.25, 0.3) is 0 Å². The Morgan fingerprint density at radius 1 is 1.17 bits per heavy atom. The van der Waals surface area contributed by atoms with Crippen molar-refractivity contribution < 1.29 is 9.84 Å². The van der Waals surface area contributed by atoms with Gasteiger partial charge in [-0.3, -0.25) is 0 Å². The first-order valence-corrected chi connectivity index (χ1v) is 8.48. The maximum Gasteiger partial charge on any atom is 0.191 e. The molecule has 0 radical (unpaired) electrons. The number of benzene rings is 1. The van der Waals surface area contributed by atoms with E-state index in [0.29, 0.717) is 12.5 Å². The molecule has 0 aliphatic heterocycles. The third-order valence-electron chi connectivity index (χ3n) is 3.55. The van der Waals surface area contributed by atoms with Crippen molar-refractivity contribution in [3.8, 4) is 5.75 Å². The SMILES string of the molecule is CCNC(=NCc1ccc(O)cc1)NCCC(OCC)C(C)C. The number of aliphatic imine (C=N–C) groups is 1. The lowest BCUT2D eigenvalue weighted by atomic mass is 10.0. The van der Waals surface area contributed by atoms with Crippen molar-refractivity contribution in [1.29, 1.82) is 0 Å². The van der Waals surface area contributed by atoms with E-state index in [4.69, 9.17) is 4.74 Å². The highest BCUT2D eigenvalue weighted by molar-refractivity contribution is 5.79. The second-order valence-electron chi connectivity index (χ2n) is 5.81. The van der Waals surface area contributed by atoms with E-state index < -0.39 is 0 Å². The fourth-order valence-electron chi connectivity index (χ4n) is 2.27. The predicted molar refractivity (Wildman–Crippen MR) is 95.8 cm³/mol. The van der Waals surface area contributed by atoms with Crippen LogP contribution in [-0.4, -0.2) is 36.9 Å². The highest BCUT2D eigenvalue weighted by Gasteiger charge is 2.12. The van der Waals surface area contributed by atoms with Crippen LogP contribution in [0.1, 0.15) is 39.7 Å². The normalized spacial score (nSPS) is 13.2. The third kappa shape index (κ3) is 7.88. The van der Waals surface area contributed by atoms with Crippen LogP contribution in [0.3, 0.4) is 0 Å². The van der Waals surface area contributed by atoms with Gasteiger partial charge in [0.2, 0.25) is 0 Å². The van der Waals surface area contributed by atoms with Crippen molar-refractivity contribution >= 4 is 5.96 Å². The molecule has 5 nitrogen and oxygen atoms in total. The van der Waals surface area contributed by atoms with Crippen LogP contribution in [0.5, 0.6) is 5.75 Å². The molecule has 1 unspecified atom stereocenters. The molecule has 0 aliphatic carbocycles. The van der Waals surface area contributed by atoms with Gasteiger partial charge in [0.1, 0.15) is 5.75 Å². The molecule has 0 spiro atoms. The lowest BCUT2D eigenvalue weighted by Crippen LogP contribution is -2.39. The highest BCUT2D eigenvalue weighted by Crippen LogP contribution is 2.11. The molecule has 3 N–H and O–H groups in total. The maximum atomic E-state index is 9.30. The molecule has 130 valence electrons. The molecule has 23 heavy (non-hydrogen) atoms. The van der Waals surface area contributed by atoms with E-state index in [-0.39, 0.29) is 11.9 Å². The first-order chi connectivity index (χ1) is 11.1. The number of phenols is 1. The molecule has 1 atom stereocenters.